The second-order valence-corrected chi connectivity index (χ2v) is 3.66. The minimum Gasteiger partial charge on any atom is -0.339 e. The van der Waals surface area contributed by atoms with Gasteiger partial charge in [0.2, 0.25) is 5.89 Å². The summed E-state index contributed by atoms with van der Waals surface area (Å²) in [5.74, 6) is 2.16. The van der Waals surface area contributed by atoms with E-state index in [1.807, 2.05) is 6.92 Å². The first kappa shape index (κ1) is 8.69. The summed E-state index contributed by atoms with van der Waals surface area (Å²) in [6, 6.07) is 0.213. The Morgan fingerprint density at radius 2 is 2.38 bits per heavy atom. The van der Waals surface area contributed by atoms with Gasteiger partial charge in [-0.1, -0.05) is 12.1 Å². The third-order valence-electron chi connectivity index (χ3n) is 2.46. The summed E-state index contributed by atoms with van der Waals surface area (Å²) in [7, 11) is 0. The molecule has 1 saturated carbocycles. The fourth-order valence-electron chi connectivity index (χ4n) is 1.41. The quantitative estimate of drug-likeness (QED) is 0.749. The van der Waals surface area contributed by atoms with Gasteiger partial charge in [-0.25, -0.2) is 0 Å². The van der Waals surface area contributed by atoms with Gasteiger partial charge in [0.25, 0.3) is 0 Å². The summed E-state index contributed by atoms with van der Waals surface area (Å²) in [5, 5.41) is 3.83. The van der Waals surface area contributed by atoms with E-state index in [0.29, 0.717) is 11.8 Å². The average molecular weight is 181 g/mol. The first-order valence-electron chi connectivity index (χ1n) is 4.86. The maximum atomic E-state index is 5.93. The van der Waals surface area contributed by atoms with E-state index in [1.165, 1.54) is 12.8 Å². The van der Waals surface area contributed by atoms with Crippen molar-refractivity contribution in [2.75, 3.05) is 0 Å². The lowest BCUT2D eigenvalue weighted by Crippen LogP contribution is -2.25. The highest BCUT2D eigenvalue weighted by Gasteiger charge is 2.29. The first-order chi connectivity index (χ1) is 6.29. The SMILES string of the molecule is CCc1noc(CC(N)C2CC2)n1. The van der Waals surface area contributed by atoms with Crippen LogP contribution in [0.1, 0.15) is 31.5 Å². The smallest absolute Gasteiger partial charge is 0.228 e. The Balaban J connectivity index is 1.92. The van der Waals surface area contributed by atoms with Crippen LogP contribution < -0.4 is 5.73 Å². The normalized spacial score (nSPS) is 18.9. The highest BCUT2D eigenvalue weighted by Crippen LogP contribution is 2.32. The molecule has 1 aromatic heterocycles. The lowest BCUT2D eigenvalue weighted by molar-refractivity contribution is 0.359. The Morgan fingerprint density at radius 3 is 2.92 bits per heavy atom. The van der Waals surface area contributed by atoms with Crippen LogP contribution in [0.3, 0.4) is 0 Å². The molecular weight excluding hydrogens is 166 g/mol. The Kier molecular flexibility index (Phi) is 2.31. The molecule has 1 atom stereocenters. The molecule has 0 saturated heterocycles. The van der Waals surface area contributed by atoms with Crippen LogP contribution in [0.25, 0.3) is 0 Å². The molecule has 0 aliphatic heterocycles. The zero-order valence-electron chi connectivity index (χ0n) is 7.86. The van der Waals surface area contributed by atoms with Gasteiger partial charge < -0.3 is 10.3 Å². The summed E-state index contributed by atoms with van der Waals surface area (Å²) in [6.45, 7) is 2.01. The highest BCUT2D eigenvalue weighted by atomic mass is 16.5. The molecule has 1 aromatic rings. The van der Waals surface area contributed by atoms with Crippen molar-refractivity contribution in [3.8, 4) is 0 Å². The predicted molar refractivity (Wildman–Crippen MR) is 48.1 cm³/mol. The van der Waals surface area contributed by atoms with E-state index in [2.05, 4.69) is 10.1 Å². The average Bonchev–Trinajstić information content (AvgIpc) is 2.88. The van der Waals surface area contributed by atoms with Gasteiger partial charge in [0, 0.05) is 18.9 Å². The number of hydrogen-bond acceptors (Lipinski definition) is 4. The van der Waals surface area contributed by atoms with E-state index in [0.717, 1.165) is 18.7 Å². The fourth-order valence-corrected chi connectivity index (χ4v) is 1.41. The molecular formula is C9H15N3O. The summed E-state index contributed by atoms with van der Waals surface area (Å²) in [6.07, 6.45) is 4.08. The number of aromatic nitrogens is 2. The number of nitrogens with zero attached hydrogens (tertiary/aromatic N) is 2. The van der Waals surface area contributed by atoms with E-state index in [9.17, 15) is 0 Å². The van der Waals surface area contributed by atoms with Crippen LogP contribution >= 0.6 is 0 Å². The lowest BCUT2D eigenvalue weighted by atomic mass is 10.1. The molecule has 2 N–H and O–H groups in total. The van der Waals surface area contributed by atoms with E-state index in [1.54, 1.807) is 0 Å². The standard InChI is InChI=1S/C9H15N3O/c1-2-8-11-9(13-12-8)5-7(10)6-3-4-6/h6-7H,2-5,10H2,1H3. The van der Waals surface area contributed by atoms with Gasteiger partial charge in [-0.15, -0.1) is 0 Å². The zero-order valence-corrected chi connectivity index (χ0v) is 7.86. The van der Waals surface area contributed by atoms with Crippen molar-refractivity contribution in [2.45, 2.75) is 38.6 Å². The molecule has 1 unspecified atom stereocenters. The highest BCUT2D eigenvalue weighted by molar-refractivity contribution is 4.93. The van der Waals surface area contributed by atoms with Crippen molar-refractivity contribution >= 4 is 0 Å². The van der Waals surface area contributed by atoms with Crippen LogP contribution in [0.2, 0.25) is 0 Å². The minimum absolute atomic E-state index is 0.213. The lowest BCUT2D eigenvalue weighted by Gasteiger charge is -2.04. The Hall–Kier alpha value is -0.900. The molecule has 0 amide bonds. The molecule has 1 heterocycles. The number of rotatable bonds is 4. The summed E-state index contributed by atoms with van der Waals surface area (Å²) in [4.78, 5) is 4.22. The van der Waals surface area contributed by atoms with Gasteiger partial charge in [-0.3, -0.25) is 0 Å². The summed E-state index contributed by atoms with van der Waals surface area (Å²) < 4.78 is 5.06. The molecule has 1 fully saturated rings. The summed E-state index contributed by atoms with van der Waals surface area (Å²) >= 11 is 0. The zero-order chi connectivity index (χ0) is 9.26. The van der Waals surface area contributed by atoms with E-state index in [-0.39, 0.29) is 6.04 Å². The predicted octanol–water partition coefficient (Wildman–Crippen LogP) is 0.912. The van der Waals surface area contributed by atoms with Crippen LogP contribution in [-0.4, -0.2) is 16.2 Å². The second-order valence-electron chi connectivity index (χ2n) is 3.66. The van der Waals surface area contributed by atoms with Crippen LogP contribution in [0.15, 0.2) is 4.52 Å². The Bertz CT molecular complexity index is 280. The third-order valence-corrected chi connectivity index (χ3v) is 2.46. The fraction of sp³-hybridized carbons (Fsp3) is 0.778. The molecule has 0 radical (unpaired) electrons. The maximum Gasteiger partial charge on any atom is 0.228 e. The van der Waals surface area contributed by atoms with Gasteiger partial charge in [0.1, 0.15) is 0 Å². The molecule has 2 rings (SSSR count). The molecule has 72 valence electrons. The van der Waals surface area contributed by atoms with E-state index < -0.39 is 0 Å². The molecule has 13 heavy (non-hydrogen) atoms. The van der Waals surface area contributed by atoms with E-state index >= 15 is 0 Å². The Morgan fingerprint density at radius 1 is 1.62 bits per heavy atom. The molecule has 0 spiro atoms. The number of nitrogens with two attached hydrogens (primary N) is 1. The second kappa shape index (κ2) is 3.46. The monoisotopic (exact) mass is 181 g/mol. The van der Waals surface area contributed by atoms with Gasteiger partial charge in [-0.2, -0.15) is 4.98 Å². The third kappa shape index (κ3) is 2.06. The Labute approximate surface area is 77.5 Å². The summed E-state index contributed by atoms with van der Waals surface area (Å²) in [5.41, 5.74) is 5.93. The van der Waals surface area contributed by atoms with Gasteiger partial charge in [0.15, 0.2) is 5.82 Å². The van der Waals surface area contributed by atoms with Crippen molar-refractivity contribution in [2.24, 2.45) is 11.7 Å². The largest absolute Gasteiger partial charge is 0.339 e. The van der Waals surface area contributed by atoms with Crippen molar-refractivity contribution in [1.82, 2.24) is 10.1 Å². The molecule has 1 aliphatic rings. The molecule has 4 heteroatoms. The van der Waals surface area contributed by atoms with Crippen LogP contribution in [0.4, 0.5) is 0 Å². The minimum atomic E-state index is 0.213. The number of hydrogen-bond donors (Lipinski definition) is 1. The van der Waals surface area contributed by atoms with Gasteiger partial charge in [-0.05, 0) is 18.8 Å². The van der Waals surface area contributed by atoms with Crippen molar-refractivity contribution in [3.63, 3.8) is 0 Å². The topological polar surface area (TPSA) is 64.9 Å². The van der Waals surface area contributed by atoms with Crippen LogP contribution in [0, 0.1) is 5.92 Å². The maximum absolute atomic E-state index is 5.93. The van der Waals surface area contributed by atoms with Crippen molar-refractivity contribution in [1.29, 1.82) is 0 Å². The van der Waals surface area contributed by atoms with Crippen LogP contribution in [0.5, 0.6) is 0 Å². The van der Waals surface area contributed by atoms with Crippen molar-refractivity contribution in [3.05, 3.63) is 11.7 Å². The molecule has 4 nitrogen and oxygen atoms in total. The van der Waals surface area contributed by atoms with Crippen LogP contribution in [-0.2, 0) is 12.8 Å². The van der Waals surface area contributed by atoms with E-state index in [4.69, 9.17) is 10.3 Å². The van der Waals surface area contributed by atoms with Gasteiger partial charge >= 0.3 is 0 Å². The molecule has 1 aliphatic carbocycles. The van der Waals surface area contributed by atoms with Gasteiger partial charge in [0.05, 0.1) is 0 Å². The molecule has 0 bridgehead atoms. The molecule has 0 aromatic carbocycles. The first-order valence-corrected chi connectivity index (χ1v) is 4.86. The van der Waals surface area contributed by atoms with Crippen molar-refractivity contribution < 1.29 is 4.52 Å². The number of aryl methyl sites for hydroxylation is 1.